The van der Waals surface area contributed by atoms with E-state index in [0.29, 0.717) is 0 Å². The molecule has 0 aliphatic heterocycles. The summed E-state index contributed by atoms with van der Waals surface area (Å²) < 4.78 is 12.2. The molecule has 262 valence electrons. The summed E-state index contributed by atoms with van der Waals surface area (Å²) in [5.41, 5.74) is 11.1. The molecular formula is C50H40N2O2. The maximum atomic E-state index is 6.12. The fraction of sp³-hybridized carbons (Fsp3) is 0.0400. The van der Waals surface area contributed by atoms with Crippen molar-refractivity contribution in [2.75, 3.05) is 9.80 Å². The fourth-order valence-corrected chi connectivity index (χ4v) is 6.47. The maximum absolute atomic E-state index is 6.12. The minimum absolute atomic E-state index is 0.796. The number of hydrogen-bond donors (Lipinski definition) is 0. The van der Waals surface area contributed by atoms with Crippen LogP contribution >= 0.6 is 0 Å². The van der Waals surface area contributed by atoms with Crippen LogP contribution in [0.4, 0.5) is 34.1 Å². The standard InChI is InChI=1S/C50H40N2O2/c1-37-13-29-47(30-14-37)53-49-33-25-45(26-34-49)51(41-9-5-3-6-10-41)43-21-17-39(18-22-43)40-19-23-44(24-20-40)52(42-11-7-4-8-12-42)46-27-35-50(36-28-46)54-48-31-15-38(2)16-32-48/h3-36H,1-2H3. The number of nitrogens with zero attached hydrogens (tertiary/aromatic N) is 2. The highest BCUT2D eigenvalue weighted by atomic mass is 16.5. The summed E-state index contributed by atoms with van der Waals surface area (Å²) >= 11 is 0. The average molecular weight is 701 g/mol. The first-order valence-electron chi connectivity index (χ1n) is 18.2. The molecule has 0 amide bonds. The lowest BCUT2D eigenvalue weighted by Gasteiger charge is -2.26. The second kappa shape index (κ2) is 15.7. The number of aryl methyl sites for hydroxylation is 2. The minimum Gasteiger partial charge on any atom is -0.457 e. The van der Waals surface area contributed by atoms with E-state index >= 15 is 0 Å². The summed E-state index contributed by atoms with van der Waals surface area (Å²) in [6.07, 6.45) is 0. The van der Waals surface area contributed by atoms with Crippen LogP contribution in [0.25, 0.3) is 11.1 Å². The molecule has 0 aliphatic rings. The van der Waals surface area contributed by atoms with Gasteiger partial charge in [0.2, 0.25) is 0 Å². The summed E-state index contributed by atoms with van der Waals surface area (Å²) in [5.74, 6) is 3.24. The molecule has 0 unspecified atom stereocenters. The molecule has 4 nitrogen and oxygen atoms in total. The van der Waals surface area contributed by atoms with Crippen molar-refractivity contribution in [3.8, 4) is 34.1 Å². The van der Waals surface area contributed by atoms with Gasteiger partial charge in [-0.15, -0.1) is 0 Å². The van der Waals surface area contributed by atoms with Crippen LogP contribution in [0.5, 0.6) is 23.0 Å². The lowest BCUT2D eigenvalue weighted by Crippen LogP contribution is -2.10. The lowest BCUT2D eigenvalue weighted by atomic mass is 10.0. The third kappa shape index (κ3) is 7.89. The second-order valence-electron chi connectivity index (χ2n) is 13.3. The summed E-state index contributed by atoms with van der Waals surface area (Å²) in [7, 11) is 0. The van der Waals surface area contributed by atoms with Crippen LogP contribution in [0.3, 0.4) is 0 Å². The highest BCUT2D eigenvalue weighted by Gasteiger charge is 2.15. The van der Waals surface area contributed by atoms with Crippen molar-refractivity contribution in [1.82, 2.24) is 0 Å². The quantitative estimate of drug-likeness (QED) is 0.134. The predicted molar refractivity (Wildman–Crippen MR) is 224 cm³/mol. The van der Waals surface area contributed by atoms with Crippen LogP contribution in [0.15, 0.2) is 206 Å². The number of benzene rings is 8. The van der Waals surface area contributed by atoms with Crippen LogP contribution in [0.1, 0.15) is 11.1 Å². The number of ether oxygens (including phenoxy) is 2. The van der Waals surface area contributed by atoms with Crippen LogP contribution in [0.2, 0.25) is 0 Å². The Balaban J connectivity index is 1.03. The normalized spacial score (nSPS) is 10.8. The zero-order valence-corrected chi connectivity index (χ0v) is 30.3. The van der Waals surface area contributed by atoms with Gasteiger partial charge in [-0.1, -0.05) is 96.1 Å². The van der Waals surface area contributed by atoms with Crippen molar-refractivity contribution in [3.63, 3.8) is 0 Å². The second-order valence-corrected chi connectivity index (χ2v) is 13.3. The molecule has 0 spiro atoms. The van der Waals surface area contributed by atoms with Gasteiger partial charge in [-0.3, -0.25) is 0 Å². The molecule has 8 aromatic carbocycles. The van der Waals surface area contributed by atoms with Crippen molar-refractivity contribution < 1.29 is 9.47 Å². The topological polar surface area (TPSA) is 24.9 Å². The van der Waals surface area contributed by atoms with Gasteiger partial charge in [0.15, 0.2) is 0 Å². The van der Waals surface area contributed by atoms with E-state index in [9.17, 15) is 0 Å². The highest BCUT2D eigenvalue weighted by Crippen LogP contribution is 2.39. The van der Waals surface area contributed by atoms with Gasteiger partial charge >= 0.3 is 0 Å². The Bertz CT molecular complexity index is 2220. The molecule has 0 aromatic heterocycles. The van der Waals surface area contributed by atoms with E-state index in [1.807, 2.05) is 60.7 Å². The average Bonchev–Trinajstić information content (AvgIpc) is 3.22. The molecule has 8 rings (SSSR count). The van der Waals surface area contributed by atoms with E-state index in [-0.39, 0.29) is 0 Å². The van der Waals surface area contributed by atoms with E-state index in [4.69, 9.17) is 9.47 Å². The van der Waals surface area contributed by atoms with Gasteiger partial charge in [0.05, 0.1) is 0 Å². The Morgan fingerprint density at radius 1 is 0.259 bits per heavy atom. The monoisotopic (exact) mass is 700 g/mol. The van der Waals surface area contributed by atoms with Gasteiger partial charge < -0.3 is 19.3 Å². The van der Waals surface area contributed by atoms with Crippen molar-refractivity contribution in [2.45, 2.75) is 13.8 Å². The van der Waals surface area contributed by atoms with Gasteiger partial charge in [-0.05, 0) is 146 Å². The Labute approximate surface area is 317 Å². The Hall–Kier alpha value is -7.04. The number of rotatable bonds is 11. The first kappa shape index (κ1) is 34.1. The molecule has 8 aromatic rings. The van der Waals surface area contributed by atoms with Gasteiger partial charge in [0, 0.05) is 34.1 Å². The number of para-hydroxylation sites is 2. The molecule has 54 heavy (non-hydrogen) atoms. The van der Waals surface area contributed by atoms with Gasteiger partial charge in [-0.2, -0.15) is 0 Å². The van der Waals surface area contributed by atoms with Crippen molar-refractivity contribution in [3.05, 3.63) is 217 Å². The number of hydrogen-bond acceptors (Lipinski definition) is 4. The highest BCUT2D eigenvalue weighted by molar-refractivity contribution is 5.81. The molecule has 0 aliphatic carbocycles. The SMILES string of the molecule is Cc1ccc(Oc2ccc(N(c3ccccc3)c3ccc(-c4ccc(N(c5ccccc5)c5ccc(Oc6ccc(C)cc6)cc5)cc4)cc3)cc2)cc1. The summed E-state index contributed by atoms with van der Waals surface area (Å²) in [5, 5.41) is 0. The van der Waals surface area contributed by atoms with Crippen LogP contribution in [-0.4, -0.2) is 0 Å². The molecule has 0 N–H and O–H groups in total. The van der Waals surface area contributed by atoms with Gasteiger partial charge in [0.1, 0.15) is 23.0 Å². The Kier molecular flexibility index (Phi) is 9.90. The van der Waals surface area contributed by atoms with Gasteiger partial charge in [0.25, 0.3) is 0 Å². The smallest absolute Gasteiger partial charge is 0.127 e. The molecule has 0 saturated carbocycles. The summed E-state index contributed by atoms with van der Waals surface area (Å²) in [6.45, 7) is 4.15. The summed E-state index contributed by atoms with van der Waals surface area (Å²) in [6, 6.07) is 71.1. The zero-order chi connectivity index (χ0) is 36.7. The van der Waals surface area contributed by atoms with E-state index in [2.05, 4.69) is 169 Å². The molecule has 0 radical (unpaired) electrons. The Morgan fingerprint density at radius 3 is 0.796 bits per heavy atom. The Morgan fingerprint density at radius 2 is 0.500 bits per heavy atom. The largest absolute Gasteiger partial charge is 0.457 e. The molecule has 0 heterocycles. The molecule has 0 saturated heterocycles. The fourth-order valence-electron chi connectivity index (χ4n) is 6.47. The van der Waals surface area contributed by atoms with E-state index in [1.54, 1.807) is 0 Å². The molecule has 0 bridgehead atoms. The van der Waals surface area contributed by atoms with Crippen molar-refractivity contribution in [1.29, 1.82) is 0 Å². The molecule has 4 heteroatoms. The van der Waals surface area contributed by atoms with Crippen LogP contribution in [-0.2, 0) is 0 Å². The molecule has 0 fully saturated rings. The number of anilines is 6. The third-order valence-corrected chi connectivity index (χ3v) is 9.32. The first-order chi connectivity index (χ1) is 26.6. The molecule has 0 atom stereocenters. The van der Waals surface area contributed by atoms with Crippen molar-refractivity contribution in [2.24, 2.45) is 0 Å². The minimum atomic E-state index is 0.796. The predicted octanol–water partition coefficient (Wildman–Crippen LogP) is 14.5. The summed E-state index contributed by atoms with van der Waals surface area (Å²) in [4.78, 5) is 4.52. The van der Waals surface area contributed by atoms with Crippen LogP contribution in [0, 0.1) is 13.8 Å². The zero-order valence-electron chi connectivity index (χ0n) is 30.3. The van der Waals surface area contributed by atoms with E-state index in [0.717, 1.165) is 68.2 Å². The lowest BCUT2D eigenvalue weighted by molar-refractivity contribution is 0.482. The van der Waals surface area contributed by atoms with Crippen molar-refractivity contribution >= 4 is 34.1 Å². The van der Waals surface area contributed by atoms with E-state index in [1.165, 1.54) is 11.1 Å². The molecular weight excluding hydrogens is 661 g/mol. The third-order valence-electron chi connectivity index (χ3n) is 9.32. The van der Waals surface area contributed by atoms with E-state index < -0.39 is 0 Å². The maximum Gasteiger partial charge on any atom is 0.127 e. The first-order valence-corrected chi connectivity index (χ1v) is 18.2. The van der Waals surface area contributed by atoms with Gasteiger partial charge in [-0.25, -0.2) is 0 Å². The van der Waals surface area contributed by atoms with Crippen LogP contribution < -0.4 is 19.3 Å².